The average Bonchev–Trinajstić information content (AvgIpc) is 3.06. The van der Waals surface area contributed by atoms with Gasteiger partial charge in [-0.1, -0.05) is 11.6 Å². The highest BCUT2D eigenvalue weighted by molar-refractivity contribution is 6.30. The molecule has 160 valence electrons. The monoisotopic (exact) mass is 443 g/mol. The van der Waals surface area contributed by atoms with E-state index in [-0.39, 0.29) is 40.3 Å². The molecule has 0 saturated heterocycles. The van der Waals surface area contributed by atoms with E-state index in [1.54, 1.807) is 30.2 Å². The lowest BCUT2D eigenvalue weighted by Crippen LogP contribution is -2.84. The molecule has 3 saturated carbocycles. The molecule has 3 aliphatic rings. The molecule has 3 fully saturated rings. The number of carbonyl (C=O) groups is 2. The molecule has 0 atom stereocenters. The summed E-state index contributed by atoms with van der Waals surface area (Å²) < 4.78 is 20.4. The lowest BCUT2D eigenvalue weighted by atomic mass is 9.44. The number of ether oxygens (including phenoxy) is 1. The molecule has 6 rings (SSSR count). The summed E-state index contributed by atoms with van der Waals surface area (Å²) in [6.45, 7) is -0.223. The minimum atomic E-state index is -0.602. The number of hydrogen-bond acceptors (Lipinski definition) is 5. The minimum absolute atomic E-state index is 0.00542. The Labute approximate surface area is 181 Å². The van der Waals surface area contributed by atoms with Gasteiger partial charge in [-0.2, -0.15) is 5.10 Å². The van der Waals surface area contributed by atoms with Crippen molar-refractivity contribution < 1.29 is 18.7 Å². The van der Waals surface area contributed by atoms with Gasteiger partial charge in [0.25, 0.3) is 11.8 Å². The van der Waals surface area contributed by atoms with Crippen LogP contribution < -0.4 is 15.4 Å². The van der Waals surface area contributed by atoms with Crippen molar-refractivity contribution in [2.24, 2.45) is 7.05 Å². The number of halogens is 2. The maximum absolute atomic E-state index is 13.4. The fourth-order valence-corrected chi connectivity index (χ4v) is 4.70. The van der Waals surface area contributed by atoms with Gasteiger partial charge in [-0.05, 0) is 37.5 Å². The zero-order valence-electron chi connectivity index (χ0n) is 16.6. The van der Waals surface area contributed by atoms with Crippen molar-refractivity contribution in [3.63, 3.8) is 0 Å². The number of hydrogen-bond donors (Lipinski definition) is 2. The summed E-state index contributed by atoms with van der Waals surface area (Å²) in [7, 11) is 1.80. The number of aryl methyl sites for hydroxylation is 1. The van der Waals surface area contributed by atoms with Crippen LogP contribution in [0.5, 0.6) is 5.75 Å². The molecule has 10 heteroatoms. The number of pyridine rings is 1. The standard InChI is InChI=1S/C21H19ClFN5O3/c1-28-18-12(7-25-28)4-13(6-24-18)19(30)27-21-9-20(10-21,11-21)26-17(29)8-31-14-2-3-15(22)16(23)5-14/h2-7H,8-11H2,1H3,(H,26,29)(H,27,30). The molecule has 0 radical (unpaired) electrons. The first-order valence-electron chi connectivity index (χ1n) is 9.76. The zero-order valence-corrected chi connectivity index (χ0v) is 17.4. The van der Waals surface area contributed by atoms with Crippen LogP contribution in [0.1, 0.15) is 29.6 Å². The van der Waals surface area contributed by atoms with E-state index in [1.165, 1.54) is 12.1 Å². The van der Waals surface area contributed by atoms with Crippen molar-refractivity contribution in [3.8, 4) is 5.75 Å². The molecule has 2 heterocycles. The molecular formula is C21H19ClFN5O3. The van der Waals surface area contributed by atoms with Crippen molar-refractivity contribution in [1.29, 1.82) is 0 Å². The molecule has 2 bridgehead atoms. The lowest BCUT2D eigenvalue weighted by Gasteiger charge is -2.70. The summed E-state index contributed by atoms with van der Waals surface area (Å²) in [6, 6.07) is 5.78. The highest BCUT2D eigenvalue weighted by atomic mass is 35.5. The van der Waals surface area contributed by atoms with Crippen LogP contribution in [-0.2, 0) is 11.8 Å². The summed E-state index contributed by atoms with van der Waals surface area (Å²) in [5, 5.41) is 11.0. The summed E-state index contributed by atoms with van der Waals surface area (Å²) in [5.41, 5.74) is 0.582. The first-order valence-corrected chi connectivity index (χ1v) is 10.1. The summed E-state index contributed by atoms with van der Waals surface area (Å²) >= 11 is 5.63. The molecular weight excluding hydrogens is 425 g/mol. The van der Waals surface area contributed by atoms with Gasteiger partial charge in [-0.3, -0.25) is 14.3 Å². The Morgan fingerprint density at radius 2 is 1.94 bits per heavy atom. The van der Waals surface area contributed by atoms with Crippen LogP contribution in [0.2, 0.25) is 5.02 Å². The van der Waals surface area contributed by atoms with E-state index in [4.69, 9.17) is 16.3 Å². The third kappa shape index (κ3) is 3.48. The summed E-state index contributed by atoms with van der Waals surface area (Å²) in [4.78, 5) is 29.2. The predicted molar refractivity (Wildman–Crippen MR) is 110 cm³/mol. The lowest BCUT2D eigenvalue weighted by molar-refractivity contribution is -0.141. The summed E-state index contributed by atoms with van der Waals surface area (Å²) in [5.74, 6) is -0.848. The van der Waals surface area contributed by atoms with E-state index in [9.17, 15) is 14.0 Å². The molecule has 0 aliphatic heterocycles. The quantitative estimate of drug-likeness (QED) is 0.609. The van der Waals surface area contributed by atoms with Crippen LogP contribution in [0.15, 0.2) is 36.7 Å². The van der Waals surface area contributed by atoms with E-state index in [2.05, 4.69) is 20.7 Å². The van der Waals surface area contributed by atoms with Crippen molar-refractivity contribution in [1.82, 2.24) is 25.4 Å². The number of fused-ring (bicyclic) bond motifs is 1. The molecule has 2 N–H and O–H groups in total. The van der Waals surface area contributed by atoms with Crippen LogP contribution in [-0.4, -0.2) is 44.3 Å². The number of aromatic nitrogens is 3. The molecule has 2 aromatic heterocycles. The zero-order chi connectivity index (χ0) is 21.8. The number of nitrogens with one attached hydrogen (secondary N) is 2. The highest BCUT2D eigenvalue weighted by Crippen LogP contribution is 2.60. The maximum Gasteiger partial charge on any atom is 0.258 e. The minimum Gasteiger partial charge on any atom is -0.484 e. The van der Waals surface area contributed by atoms with Crippen LogP contribution in [0.25, 0.3) is 11.0 Å². The van der Waals surface area contributed by atoms with Crippen LogP contribution in [0, 0.1) is 5.82 Å². The first-order chi connectivity index (χ1) is 14.8. The largest absolute Gasteiger partial charge is 0.484 e. The van der Waals surface area contributed by atoms with E-state index in [1.807, 2.05) is 0 Å². The molecule has 1 aromatic carbocycles. The van der Waals surface area contributed by atoms with E-state index in [0.717, 1.165) is 11.5 Å². The Morgan fingerprint density at radius 1 is 1.19 bits per heavy atom. The smallest absolute Gasteiger partial charge is 0.258 e. The van der Waals surface area contributed by atoms with Crippen LogP contribution in [0.4, 0.5) is 4.39 Å². The molecule has 31 heavy (non-hydrogen) atoms. The number of carbonyl (C=O) groups excluding carboxylic acids is 2. The molecule has 3 aliphatic carbocycles. The van der Waals surface area contributed by atoms with Crippen molar-refractivity contribution in [2.45, 2.75) is 30.3 Å². The number of rotatable bonds is 6. The SMILES string of the molecule is Cn1ncc2cc(C(=O)NC34CC(NC(=O)COc5ccc(Cl)c(F)c5)(C3)C4)cnc21. The number of benzene rings is 1. The van der Waals surface area contributed by atoms with Gasteiger partial charge in [0.15, 0.2) is 12.3 Å². The second kappa shape index (κ2) is 6.91. The Bertz CT molecular complexity index is 1210. The van der Waals surface area contributed by atoms with Crippen molar-refractivity contribution >= 4 is 34.4 Å². The van der Waals surface area contributed by atoms with Gasteiger partial charge in [0.2, 0.25) is 0 Å². The van der Waals surface area contributed by atoms with Gasteiger partial charge in [0.05, 0.1) is 16.8 Å². The van der Waals surface area contributed by atoms with E-state index in [0.29, 0.717) is 30.5 Å². The Morgan fingerprint density at radius 3 is 2.68 bits per heavy atom. The fraction of sp³-hybridized carbons (Fsp3) is 0.333. The second-order valence-corrected chi connectivity index (χ2v) is 8.77. The number of amides is 2. The average molecular weight is 444 g/mol. The van der Waals surface area contributed by atoms with Gasteiger partial charge in [-0.25, -0.2) is 9.37 Å². The summed E-state index contributed by atoms with van der Waals surface area (Å²) in [6.07, 6.45) is 5.20. The highest BCUT2D eigenvalue weighted by Gasteiger charge is 2.69. The molecule has 0 spiro atoms. The fourth-order valence-electron chi connectivity index (χ4n) is 4.58. The van der Waals surface area contributed by atoms with Crippen LogP contribution >= 0.6 is 11.6 Å². The molecule has 3 aromatic rings. The topological polar surface area (TPSA) is 98.1 Å². The molecule has 0 unspecified atom stereocenters. The normalized spacial score (nSPS) is 23.6. The van der Waals surface area contributed by atoms with Gasteiger partial charge < -0.3 is 15.4 Å². The van der Waals surface area contributed by atoms with Gasteiger partial charge in [0, 0.05) is 35.8 Å². The third-order valence-electron chi connectivity index (χ3n) is 5.91. The molecule has 8 nitrogen and oxygen atoms in total. The second-order valence-electron chi connectivity index (χ2n) is 8.36. The predicted octanol–water partition coefficient (Wildman–Crippen LogP) is 2.36. The van der Waals surface area contributed by atoms with Crippen LogP contribution in [0.3, 0.4) is 0 Å². The Kier molecular flexibility index (Phi) is 4.40. The van der Waals surface area contributed by atoms with Gasteiger partial charge >= 0.3 is 0 Å². The van der Waals surface area contributed by atoms with Crippen molar-refractivity contribution in [2.75, 3.05) is 6.61 Å². The van der Waals surface area contributed by atoms with E-state index >= 15 is 0 Å². The third-order valence-corrected chi connectivity index (χ3v) is 6.21. The first kappa shape index (κ1) is 19.7. The Hall–Kier alpha value is -3.20. The van der Waals surface area contributed by atoms with Crippen molar-refractivity contribution in [3.05, 3.63) is 53.1 Å². The molecule has 2 amide bonds. The van der Waals surface area contributed by atoms with Gasteiger partial charge in [-0.15, -0.1) is 0 Å². The maximum atomic E-state index is 13.4. The number of nitrogens with zero attached hydrogens (tertiary/aromatic N) is 3. The van der Waals surface area contributed by atoms with Gasteiger partial charge in [0.1, 0.15) is 11.6 Å². The van der Waals surface area contributed by atoms with E-state index < -0.39 is 5.82 Å². The Balaban J connectivity index is 1.12.